The number of sulfonamides is 1. The van der Waals surface area contributed by atoms with Crippen molar-refractivity contribution in [1.29, 1.82) is 0 Å². The van der Waals surface area contributed by atoms with Crippen molar-refractivity contribution in [1.82, 2.24) is 19.1 Å². The Labute approximate surface area is 340 Å². The number of aromatic nitrogens is 3. The zero-order valence-corrected chi connectivity index (χ0v) is 34.3. The molecular weight excluding hydrogens is 789 g/mol. The lowest BCUT2D eigenvalue weighted by Gasteiger charge is -2.22. The first kappa shape index (κ1) is 42.3. The number of nitro groups is 1. The van der Waals surface area contributed by atoms with E-state index in [0.717, 1.165) is 33.0 Å². The number of carbonyl (C=O) groups is 1. The number of fused-ring (bicyclic) bond motifs is 2. The Morgan fingerprint density at radius 3 is 2.50 bits per heavy atom. The van der Waals surface area contributed by atoms with Crippen molar-refractivity contribution in [3.05, 3.63) is 116 Å². The van der Waals surface area contributed by atoms with Gasteiger partial charge in [0.15, 0.2) is 4.90 Å². The summed E-state index contributed by atoms with van der Waals surface area (Å²) in [4.78, 5) is 27.5. The quantitative estimate of drug-likeness (QED) is 0.0366. The third-order valence-electron chi connectivity index (χ3n) is 10.0. The lowest BCUT2D eigenvalue weighted by atomic mass is 9.96. The topological polar surface area (TPSA) is 159 Å². The Hall–Kier alpha value is -5.35. The summed E-state index contributed by atoms with van der Waals surface area (Å²) in [5, 5.41) is 19.4. The standard InChI is InChI=1S/C42H45ClFN5O8S/c1-5-34-39(33(46-47(34)3)14-10-22-48(23-25-55-4)58(53,54)37-17-8-7-15-35(37)49(51)52)38-32(43)21-20-31-30(41(45-40(31)38)42(50)56-6-2)13-11-24-57-36-16-9-12-27-26-28(44)18-19-29(27)36/h7-9,12,15-21,26,45H,5-6,10-11,13-14,22-25H2,1-4H3. The fourth-order valence-electron chi connectivity index (χ4n) is 7.38. The van der Waals surface area contributed by atoms with Gasteiger partial charge < -0.3 is 19.2 Å². The first-order chi connectivity index (χ1) is 27.9. The van der Waals surface area contributed by atoms with Crippen LogP contribution in [0, 0.1) is 15.9 Å². The largest absolute Gasteiger partial charge is 0.493 e. The molecule has 0 bridgehead atoms. The molecule has 4 aromatic carbocycles. The molecule has 0 aliphatic heterocycles. The van der Waals surface area contributed by atoms with Crippen LogP contribution in [-0.4, -0.2) is 78.4 Å². The van der Waals surface area contributed by atoms with Crippen LogP contribution >= 0.6 is 11.6 Å². The van der Waals surface area contributed by atoms with E-state index in [9.17, 15) is 27.7 Å². The smallest absolute Gasteiger partial charge is 0.355 e. The zero-order valence-electron chi connectivity index (χ0n) is 32.7. The summed E-state index contributed by atoms with van der Waals surface area (Å²) < 4.78 is 61.3. The molecular formula is C42H45ClFN5O8S. The molecule has 2 heterocycles. The second-order valence-electron chi connectivity index (χ2n) is 13.6. The van der Waals surface area contributed by atoms with Crippen LogP contribution in [0.5, 0.6) is 5.75 Å². The number of H-pyrrole nitrogens is 1. The van der Waals surface area contributed by atoms with E-state index in [1.807, 2.05) is 38.2 Å². The minimum Gasteiger partial charge on any atom is -0.493 e. The number of rotatable bonds is 19. The minimum absolute atomic E-state index is 0.0137. The number of hydrogen-bond donors (Lipinski definition) is 1. The summed E-state index contributed by atoms with van der Waals surface area (Å²) in [6, 6.07) is 19.0. The highest BCUT2D eigenvalue weighted by atomic mass is 35.5. The second kappa shape index (κ2) is 18.5. The number of halogens is 2. The summed E-state index contributed by atoms with van der Waals surface area (Å²) in [6.07, 6.45) is 2.25. The van der Waals surface area contributed by atoms with Crippen LogP contribution in [0.1, 0.15) is 54.1 Å². The predicted octanol–water partition coefficient (Wildman–Crippen LogP) is 8.44. The van der Waals surface area contributed by atoms with Gasteiger partial charge in [0.05, 0.1) is 41.0 Å². The number of para-hydroxylation sites is 1. The van der Waals surface area contributed by atoms with E-state index in [0.29, 0.717) is 72.0 Å². The van der Waals surface area contributed by atoms with Gasteiger partial charge in [0, 0.05) is 60.9 Å². The molecule has 16 heteroatoms. The Kier molecular flexibility index (Phi) is 13.5. The predicted molar refractivity (Wildman–Crippen MR) is 221 cm³/mol. The van der Waals surface area contributed by atoms with Gasteiger partial charge in [-0.15, -0.1) is 0 Å². The van der Waals surface area contributed by atoms with E-state index >= 15 is 0 Å². The molecule has 0 radical (unpaired) electrons. The maximum absolute atomic E-state index is 13.9. The molecule has 13 nitrogen and oxygen atoms in total. The number of aryl methyl sites for hydroxylation is 3. The Balaban J connectivity index is 1.32. The molecule has 0 aliphatic rings. The van der Waals surface area contributed by atoms with Gasteiger partial charge >= 0.3 is 5.97 Å². The number of methoxy groups -OCH3 is 1. The lowest BCUT2D eigenvalue weighted by Crippen LogP contribution is -2.35. The van der Waals surface area contributed by atoms with Gasteiger partial charge in [0.2, 0.25) is 10.0 Å². The summed E-state index contributed by atoms with van der Waals surface area (Å²) in [5.74, 6) is -0.202. The van der Waals surface area contributed by atoms with E-state index in [4.69, 9.17) is 30.9 Å². The normalized spacial score (nSPS) is 11.8. The number of nitrogens with one attached hydrogen (secondary N) is 1. The molecule has 0 saturated heterocycles. The van der Waals surface area contributed by atoms with Gasteiger partial charge in [-0.1, -0.05) is 48.9 Å². The van der Waals surface area contributed by atoms with E-state index in [1.54, 1.807) is 23.7 Å². The highest BCUT2D eigenvalue weighted by molar-refractivity contribution is 7.89. The molecule has 6 rings (SSSR count). The Morgan fingerprint density at radius 1 is 0.983 bits per heavy atom. The maximum atomic E-state index is 13.9. The molecule has 0 spiro atoms. The van der Waals surface area contributed by atoms with E-state index in [1.165, 1.54) is 47.8 Å². The molecule has 0 amide bonds. The van der Waals surface area contributed by atoms with Crippen LogP contribution < -0.4 is 4.74 Å². The molecule has 0 aliphatic carbocycles. The number of ether oxygens (including phenoxy) is 3. The van der Waals surface area contributed by atoms with Crippen LogP contribution in [0.4, 0.5) is 10.1 Å². The maximum Gasteiger partial charge on any atom is 0.355 e. The highest BCUT2D eigenvalue weighted by Gasteiger charge is 2.32. The van der Waals surface area contributed by atoms with Gasteiger partial charge in [-0.2, -0.15) is 9.40 Å². The molecule has 1 N–H and O–H groups in total. The van der Waals surface area contributed by atoms with Crippen molar-refractivity contribution < 1.29 is 36.7 Å². The number of nitrogens with zero attached hydrogens (tertiary/aromatic N) is 4. The van der Waals surface area contributed by atoms with Crippen molar-refractivity contribution in [2.45, 2.75) is 50.8 Å². The van der Waals surface area contributed by atoms with Crippen LogP contribution in [0.25, 0.3) is 32.8 Å². The molecule has 0 unspecified atom stereocenters. The van der Waals surface area contributed by atoms with Crippen LogP contribution in [-0.2, 0) is 45.8 Å². The lowest BCUT2D eigenvalue weighted by molar-refractivity contribution is -0.387. The first-order valence-electron chi connectivity index (χ1n) is 19.0. The summed E-state index contributed by atoms with van der Waals surface area (Å²) in [7, 11) is -0.979. The number of nitro benzene ring substituents is 1. The molecule has 58 heavy (non-hydrogen) atoms. The molecule has 0 saturated carbocycles. The van der Waals surface area contributed by atoms with Gasteiger partial charge in [0.25, 0.3) is 5.69 Å². The van der Waals surface area contributed by atoms with Gasteiger partial charge in [-0.25, -0.2) is 17.6 Å². The van der Waals surface area contributed by atoms with Gasteiger partial charge in [-0.3, -0.25) is 14.8 Å². The fourth-order valence-corrected chi connectivity index (χ4v) is 9.25. The molecule has 0 fully saturated rings. The SMILES string of the molecule is CCOC(=O)c1[nH]c2c(-c3c(CCCN(CCOC)S(=O)(=O)c4ccccc4[N+](=O)[O-])nn(C)c3CC)c(Cl)ccc2c1CCCOc1cccc2cc(F)ccc12. The van der Waals surface area contributed by atoms with Crippen molar-refractivity contribution in [3.8, 4) is 16.9 Å². The van der Waals surface area contributed by atoms with Crippen LogP contribution in [0.15, 0.2) is 77.7 Å². The first-order valence-corrected chi connectivity index (χ1v) is 20.8. The van der Waals surface area contributed by atoms with E-state index < -0.39 is 31.5 Å². The van der Waals surface area contributed by atoms with Crippen LogP contribution in [0.2, 0.25) is 5.02 Å². The van der Waals surface area contributed by atoms with Crippen LogP contribution in [0.3, 0.4) is 0 Å². The number of hydrogen-bond acceptors (Lipinski definition) is 9. The van der Waals surface area contributed by atoms with Gasteiger partial charge in [-0.05, 0) is 86.4 Å². The third-order valence-corrected chi connectivity index (χ3v) is 12.3. The molecule has 0 atom stereocenters. The average Bonchev–Trinajstić information content (AvgIpc) is 3.73. The number of benzene rings is 4. The molecule has 306 valence electrons. The summed E-state index contributed by atoms with van der Waals surface area (Å²) in [6.45, 7) is 4.34. The summed E-state index contributed by atoms with van der Waals surface area (Å²) in [5.41, 5.74) is 4.14. The minimum atomic E-state index is -4.27. The van der Waals surface area contributed by atoms with Gasteiger partial charge in [0.1, 0.15) is 17.3 Å². The Bertz CT molecular complexity index is 2570. The van der Waals surface area contributed by atoms with E-state index in [-0.39, 0.29) is 32.1 Å². The molecule has 2 aromatic heterocycles. The number of carbonyl (C=O) groups excluding carboxylic acids is 1. The number of aromatic amines is 1. The van der Waals surface area contributed by atoms with Crippen molar-refractivity contribution in [2.75, 3.05) is 40.0 Å². The second-order valence-corrected chi connectivity index (χ2v) is 15.9. The third kappa shape index (κ3) is 8.72. The van der Waals surface area contributed by atoms with E-state index in [2.05, 4.69) is 4.98 Å². The molecule has 6 aromatic rings. The van der Waals surface area contributed by atoms with Crippen molar-refractivity contribution >= 4 is 55.0 Å². The zero-order chi connectivity index (χ0) is 41.6. The number of esters is 1. The van der Waals surface area contributed by atoms with Crippen molar-refractivity contribution in [2.24, 2.45) is 7.05 Å². The summed E-state index contributed by atoms with van der Waals surface area (Å²) >= 11 is 7.04. The highest BCUT2D eigenvalue weighted by Crippen LogP contribution is 2.41. The average molecular weight is 834 g/mol. The Morgan fingerprint density at radius 2 is 1.76 bits per heavy atom. The fraction of sp³-hybridized carbons (Fsp3) is 0.333. The monoisotopic (exact) mass is 833 g/mol. The van der Waals surface area contributed by atoms with Crippen molar-refractivity contribution in [3.63, 3.8) is 0 Å².